The molecule has 0 fully saturated rings. The van der Waals surface area contributed by atoms with Gasteiger partial charge in [-0.3, -0.25) is 0 Å². The van der Waals surface area contributed by atoms with E-state index in [4.69, 9.17) is 0 Å². The normalized spacial score (nSPS) is 18.2. The predicted molar refractivity (Wildman–Crippen MR) is 190 cm³/mol. The Kier molecular flexibility index (Phi) is 11.2. The SMILES string of the molecule is CCCCCCc1ccc(/C=C/C2=c3cc(C)sc3=C(/C=C/c3ccc(CCCCCC)cc3)C3C=C(C)SC23)cc1. The van der Waals surface area contributed by atoms with Crippen LogP contribution in [0.25, 0.3) is 23.3 Å². The van der Waals surface area contributed by atoms with Crippen molar-refractivity contribution in [3.63, 3.8) is 0 Å². The smallest absolute Gasteiger partial charge is 0.0451 e. The number of hydrogen-bond donors (Lipinski definition) is 0. The molecule has 2 heterocycles. The predicted octanol–water partition coefficient (Wildman–Crippen LogP) is 10.7. The third-order valence-electron chi connectivity index (χ3n) is 8.66. The lowest BCUT2D eigenvalue weighted by atomic mass is 9.85. The fourth-order valence-corrected chi connectivity index (χ4v) is 8.69. The highest BCUT2D eigenvalue weighted by Gasteiger charge is 2.34. The molecule has 0 saturated heterocycles. The average Bonchev–Trinajstić information content (AvgIpc) is 3.58. The van der Waals surface area contributed by atoms with Crippen LogP contribution in [0.2, 0.25) is 0 Å². The highest BCUT2D eigenvalue weighted by Crippen LogP contribution is 2.46. The second-order valence-corrected chi connectivity index (χ2v) is 14.8. The van der Waals surface area contributed by atoms with Gasteiger partial charge in [-0.15, -0.1) is 23.1 Å². The van der Waals surface area contributed by atoms with Crippen molar-refractivity contribution in [3.8, 4) is 0 Å². The summed E-state index contributed by atoms with van der Waals surface area (Å²) in [6.07, 6.45) is 25.0. The first-order chi connectivity index (χ1) is 20.6. The minimum Gasteiger partial charge on any atom is -0.140 e. The van der Waals surface area contributed by atoms with Crippen molar-refractivity contribution in [1.29, 1.82) is 0 Å². The lowest BCUT2D eigenvalue weighted by Crippen LogP contribution is -2.36. The summed E-state index contributed by atoms with van der Waals surface area (Å²) in [4.78, 5) is 2.83. The van der Waals surface area contributed by atoms with Crippen LogP contribution in [0.5, 0.6) is 0 Å². The summed E-state index contributed by atoms with van der Waals surface area (Å²) in [6, 6.07) is 20.9. The molecule has 0 bridgehead atoms. The average molecular weight is 593 g/mol. The Balaban J connectivity index is 1.39. The highest BCUT2D eigenvalue weighted by molar-refractivity contribution is 8.04. The van der Waals surface area contributed by atoms with E-state index in [1.165, 1.54) is 117 Å². The van der Waals surface area contributed by atoms with E-state index in [1.54, 1.807) is 0 Å². The number of fused-ring (bicyclic) bond motifs is 2. The standard InChI is InChI=1S/C40H48S2/c1-5-7-9-11-13-31-15-19-33(20-16-31)23-25-35-37-27-29(3)42-40(37)36(38-28-30(4)41-39(35)38)26-24-34-21-17-32(18-22-34)14-12-10-8-6-2/h15-28,37,40H,5-14H2,1-4H3/b25-23+,26-24+. The molecule has 0 amide bonds. The number of hydrogen-bond acceptors (Lipinski definition) is 2. The van der Waals surface area contributed by atoms with Crippen molar-refractivity contribution in [2.45, 2.75) is 97.2 Å². The fraction of sp³-hybridized carbons (Fsp3) is 0.400. The van der Waals surface area contributed by atoms with Gasteiger partial charge in [0, 0.05) is 20.6 Å². The summed E-state index contributed by atoms with van der Waals surface area (Å²) in [5.41, 5.74) is 8.46. The van der Waals surface area contributed by atoms with E-state index in [9.17, 15) is 0 Å². The number of rotatable bonds is 14. The zero-order valence-electron chi connectivity index (χ0n) is 26.1. The van der Waals surface area contributed by atoms with Crippen LogP contribution in [0.1, 0.15) is 99.3 Å². The molecule has 0 spiro atoms. The number of unbranched alkanes of at least 4 members (excludes halogenated alkanes) is 6. The quantitative estimate of drug-likeness (QED) is 0.168. The maximum Gasteiger partial charge on any atom is 0.0451 e. The Morgan fingerprint density at radius 3 is 1.74 bits per heavy atom. The molecular formula is C40H48S2. The lowest BCUT2D eigenvalue weighted by molar-refractivity contribution is 0.667. The van der Waals surface area contributed by atoms with Gasteiger partial charge < -0.3 is 0 Å². The van der Waals surface area contributed by atoms with Crippen molar-refractivity contribution in [2.24, 2.45) is 5.92 Å². The fourth-order valence-electron chi connectivity index (χ4n) is 6.26. The van der Waals surface area contributed by atoms with Crippen LogP contribution in [-0.2, 0) is 12.8 Å². The Labute approximate surface area is 263 Å². The van der Waals surface area contributed by atoms with E-state index < -0.39 is 0 Å². The van der Waals surface area contributed by atoms with Crippen molar-refractivity contribution in [2.75, 3.05) is 0 Å². The van der Waals surface area contributed by atoms with E-state index in [2.05, 4.69) is 113 Å². The molecule has 1 aliphatic heterocycles. The first-order valence-electron chi connectivity index (χ1n) is 16.3. The summed E-state index contributed by atoms with van der Waals surface area (Å²) >= 11 is 4.00. The van der Waals surface area contributed by atoms with E-state index in [0.717, 1.165) is 0 Å². The minimum atomic E-state index is 0.416. The molecule has 1 aliphatic carbocycles. The van der Waals surface area contributed by atoms with Gasteiger partial charge in [-0.25, -0.2) is 0 Å². The van der Waals surface area contributed by atoms with Crippen LogP contribution < -0.4 is 9.75 Å². The summed E-state index contributed by atoms with van der Waals surface area (Å²) in [6.45, 7) is 9.10. The molecule has 2 aliphatic rings. The molecule has 42 heavy (non-hydrogen) atoms. The molecule has 2 heteroatoms. The van der Waals surface area contributed by atoms with Gasteiger partial charge in [0.2, 0.25) is 0 Å². The van der Waals surface area contributed by atoms with Gasteiger partial charge in [0.05, 0.1) is 0 Å². The summed E-state index contributed by atoms with van der Waals surface area (Å²) in [5, 5.41) is 1.87. The topological polar surface area (TPSA) is 0 Å². The maximum absolute atomic E-state index is 2.51. The molecule has 5 rings (SSSR count). The Bertz CT molecular complexity index is 1530. The second kappa shape index (κ2) is 15.3. The molecule has 2 aromatic carbocycles. The summed E-state index contributed by atoms with van der Waals surface area (Å²) in [5.74, 6) is 0.416. The largest absolute Gasteiger partial charge is 0.140 e. The number of benzene rings is 2. The second-order valence-electron chi connectivity index (χ2n) is 12.1. The van der Waals surface area contributed by atoms with Gasteiger partial charge in [-0.1, -0.05) is 131 Å². The number of aryl methyl sites for hydroxylation is 3. The molecular weight excluding hydrogens is 545 g/mol. The van der Waals surface area contributed by atoms with Crippen LogP contribution in [0.4, 0.5) is 0 Å². The Morgan fingerprint density at radius 2 is 1.19 bits per heavy atom. The molecule has 0 nitrogen and oxygen atoms in total. The van der Waals surface area contributed by atoms with Crippen molar-refractivity contribution in [3.05, 3.63) is 115 Å². The third-order valence-corrected chi connectivity index (χ3v) is 11.1. The number of thioether (sulfide) groups is 1. The number of allylic oxidation sites excluding steroid dienone is 4. The van der Waals surface area contributed by atoms with E-state index >= 15 is 0 Å². The minimum absolute atomic E-state index is 0.416. The third kappa shape index (κ3) is 7.88. The molecule has 3 aromatic rings. The van der Waals surface area contributed by atoms with Gasteiger partial charge in [0.15, 0.2) is 0 Å². The molecule has 2 atom stereocenters. The van der Waals surface area contributed by atoms with Gasteiger partial charge in [-0.05, 0) is 89.1 Å². The van der Waals surface area contributed by atoms with Crippen LogP contribution in [0.3, 0.4) is 0 Å². The molecule has 1 aromatic heterocycles. The van der Waals surface area contributed by atoms with Crippen molar-refractivity contribution < 1.29 is 0 Å². The molecule has 0 saturated carbocycles. The maximum atomic E-state index is 2.51. The van der Waals surface area contributed by atoms with Gasteiger partial charge in [-0.2, -0.15) is 0 Å². The molecule has 0 radical (unpaired) electrons. The highest BCUT2D eigenvalue weighted by atomic mass is 32.2. The monoisotopic (exact) mass is 592 g/mol. The van der Waals surface area contributed by atoms with Crippen LogP contribution in [0, 0.1) is 12.8 Å². The first kappa shape index (κ1) is 30.9. The van der Waals surface area contributed by atoms with Crippen LogP contribution in [0.15, 0.2) is 77.7 Å². The summed E-state index contributed by atoms with van der Waals surface area (Å²) in [7, 11) is 0. The van der Waals surface area contributed by atoms with Crippen molar-refractivity contribution in [1.82, 2.24) is 0 Å². The number of thiophene rings is 1. The molecule has 2 unspecified atom stereocenters. The van der Waals surface area contributed by atoms with E-state index in [-0.39, 0.29) is 0 Å². The van der Waals surface area contributed by atoms with E-state index in [1.807, 2.05) is 23.1 Å². The van der Waals surface area contributed by atoms with Crippen LogP contribution in [-0.4, -0.2) is 5.25 Å². The first-order valence-corrected chi connectivity index (χ1v) is 18.0. The summed E-state index contributed by atoms with van der Waals surface area (Å²) < 4.78 is 1.45. The lowest BCUT2D eigenvalue weighted by Gasteiger charge is -2.25. The van der Waals surface area contributed by atoms with Gasteiger partial charge in [0.25, 0.3) is 0 Å². The molecule has 0 N–H and O–H groups in total. The van der Waals surface area contributed by atoms with Gasteiger partial charge >= 0.3 is 0 Å². The molecule has 220 valence electrons. The zero-order valence-corrected chi connectivity index (χ0v) is 27.8. The zero-order chi connectivity index (χ0) is 29.3. The van der Waals surface area contributed by atoms with Crippen LogP contribution >= 0.6 is 23.1 Å². The Morgan fingerprint density at radius 1 is 0.643 bits per heavy atom. The van der Waals surface area contributed by atoms with E-state index in [0.29, 0.717) is 11.2 Å². The van der Waals surface area contributed by atoms with Gasteiger partial charge in [0.1, 0.15) is 0 Å². The Hall–Kier alpha value is -2.55. The van der Waals surface area contributed by atoms with Crippen molar-refractivity contribution >= 4 is 46.4 Å².